The number of aromatic nitrogens is 3. The quantitative estimate of drug-likeness (QED) is 0.649. The van der Waals surface area contributed by atoms with Crippen LogP contribution in [0.2, 0.25) is 0 Å². The zero-order chi connectivity index (χ0) is 15.7. The van der Waals surface area contributed by atoms with Crippen LogP contribution < -0.4 is 0 Å². The normalized spacial score (nSPS) is 14.2. The Hall–Kier alpha value is -2.09. The highest BCUT2D eigenvalue weighted by Gasteiger charge is 2.28. The number of nitrogens with zero attached hydrogens (tertiary/aromatic N) is 4. The average Bonchev–Trinajstić information content (AvgIpc) is 3.24. The van der Waals surface area contributed by atoms with Gasteiger partial charge in [-0.05, 0) is 25.0 Å². The van der Waals surface area contributed by atoms with Gasteiger partial charge < -0.3 is 5.11 Å². The fourth-order valence-corrected chi connectivity index (χ4v) is 3.18. The van der Waals surface area contributed by atoms with Crippen molar-refractivity contribution in [2.45, 2.75) is 30.3 Å². The molecule has 1 aromatic heterocycles. The molecule has 3 rings (SSSR count). The van der Waals surface area contributed by atoms with Crippen molar-refractivity contribution in [1.82, 2.24) is 14.8 Å². The first-order chi connectivity index (χ1) is 10.5. The number of rotatable bonds is 6. The van der Waals surface area contributed by atoms with E-state index < -0.39 is 4.92 Å². The number of benzene rings is 1. The molecule has 2 aromatic rings. The van der Waals surface area contributed by atoms with E-state index in [1.54, 1.807) is 4.68 Å². The van der Waals surface area contributed by atoms with Crippen LogP contribution in [-0.4, -0.2) is 24.8 Å². The Bertz CT molecular complexity index is 712. The maximum Gasteiger partial charge on any atom is 0.273 e. The molecule has 1 fully saturated rings. The van der Waals surface area contributed by atoms with Gasteiger partial charge in [-0.15, -0.1) is 11.8 Å². The summed E-state index contributed by atoms with van der Waals surface area (Å²) in [5.74, 6) is 3.39. The fraction of sp³-hybridized carbons (Fsp3) is 0.429. The number of nitro benzene ring substituents is 1. The predicted molar refractivity (Wildman–Crippen MR) is 82.7 cm³/mol. The first-order valence-electron chi connectivity index (χ1n) is 6.98. The summed E-state index contributed by atoms with van der Waals surface area (Å²) in [5, 5.41) is 24.9. The van der Waals surface area contributed by atoms with Gasteiger partial charge in [0.25, 0.3) is 5.69 Å². The van der Waals surface area contributed by atoms with Gasteiger partial charge in [0.2, 0.25) is 0 Å². The van der Waals surface area contributed by atoms with Crippen LogP contribution in [0.1, 0.15) is 36.0 Å². The maximum absolute atomic E-state index is 11.0. The molecule has 0 unspecified atom stereocenters. The highest BCUT2D eigenvalue weighted by molar-refractivity contribution is 7.97. The van der Waals surface area contributed by atoms with Gasteiger partial charge in [-0.2, -0.15) is 5.10 Å². The van der Waals surface area contributed by atoms with Crippen LogP contribution in [0.25, 0.3) is 0 Å². The summed E-state index contributed by atoms with van der Waals surface area (Å²) in [4.78, 5) is 15.1. The Kier molecular flexibility index (Phi) is 4.02. The average molecular weight is 320 g/mol. The van der Waals surface area contributed by atoms with Crippen molar-refractivity contribution in [2.24, 2.45) is 7.05 Å². The lowest BCUT2D eigenvalue weighted by Gasteiger charge is -2.04. The van der Waals surface area contributed by atoms with Gasteiger partial charge >= 0.3 is 0 Å². The second kappa shape index (κ2) is 5.96. The molecule has 8 heteroatoms. The van der Waals surface area contributed by atoms with Crippen LogP contribution in [0.4, 0.5) is 5.69 Å². The minimum Gasteiger partial charge on any atom is -0.508 e. The number of phenols is 1. The number of nitro groups is 1. The van der Waals surface area contributed by atoms with E-state index in [0.717, 1.165) is 24.5 Å². The molecule has 0 bridgehead atoms. The second-order valence-electron chi connectivity index (χ2n) is 5.35. The van der Waals surface area contributed by atoms with E-state index in [9.17, 15) is 15.2 Å². The minimum absolute atomic E-state index is 0.0296. The molecule has 22 heavy (non-hydrogen) atoms. The van der Waals surface area contributed by atoms with E-state index in [-0.39, 0.29) is 11.4 Å². The molecule has 1 aromatic carbocycles. The largest absolute Gasteiger partial charge is 0.508 e. The molecular weight excluding hydrogens is 304 g/mol. The lowest BCUT2D eigenvalue weighted by atomic mass is 10.2. The molecule has 116 valence electrons. The molecule has 0 radical (unpaired) electrons. The highest BCUT2D eigenvalue weighted by Crippen LogP contribution is 2.38. The number of aromatic hydroxyl groups is 1. The Balaban J connectivity index is 1.65. The molecule has 0 saturated heterocycles. The predicted octanol–water partition coefficient (Wildman–Crippen LogP) is 2.74. The van der Waals surface area contributed by atoms with Gasteiger partial charge in [0.1, 0.15) is 11.6 Å². The zero-order valence-corrected chi connectivity index (χ0v) is 12.9. The summed E-state index contributed by atoms with van der Waals surface area (Å²) in [7, 11) is 1.87. The lowest BCUT2D eigenvalue weighted by molar-refractivity contribution is -0.385. The minimum atomic E-state index is -0.428. The number of phenolic OH excluding ortho intramolecular Hbond substituents is 1. The van der Waals surface area contributed by atoms with Crippen LogP contribution in [0.15, 0.2) is 18.2 Å². The Morgan fingerprint density at radius 1 is 1.45 bits per heavy atom. The zero-order valence-electron chi connectivity index (χ0n) is 12.1. The monoisotopic (exact) mass is 320 g/mol. The molecule has 1 N–H and O–H groups in total. The van der Waals surface area contributed by atoms with Gasteiger partial charge in [0.05, 0.1) is 10.7 Å². The van der Waals surface area contributed by atoms with Crippen LogP contribution in [-0.2, 0) is 18.6 Å². The molecular formula is C14H16N4O3S. The van der Waals surface area contributed by atoms with Crippen LogP contribution in [0.3, 0.4) is 0 Å². The molecule has 7 nitrogen and oxygen atoms in total. The van der Waals surface area contributed by atoms with Crippen molar-refractivity contribution in [3.05, 3.63) is 45.5 Å². The van der Waals surface area contributed by atoms with E-state index in [2.05, 4.69) is 10.1 Å². The maximum atomic E-state index is 11.0. The molecule has 0 aliphatic heterocycles. The molecule has 1 aliphatic carbocycles. The molecule has 0 amide bonds. The molecule has 1 aliphatic rings. The molecule has 1 heterocycles. The van der Waals surface area contributed by atoms with Crippen LogP contribution >= 0.6 is 11.8 Å². The summed E-state index contributed by atoms with van der Waals surface area (Å²) in [5.41, 5.74) is 0.543. The Morgan fingerprint density at radius 3 is 2.91 bits per heavy atom. The van der Waals surface area contributed by atoms with Crippen LogP contribution in [0, 0.1) is 10.1 Å². The number of aryl methyl sites for hydroxylation is 1. The third kappa shape index (κ3) is 3.22. The van der Waals surface area contributed by atoms with E-state index in [1.165, 1.54) is 30.0 Å². The van der Waals surface area contributed by atoms with Crippen molar-refractivity contribution >= 4 is 17.4 Å². The molecule has 0 atom stereocenters. The standard InChI is InChI=1S/C14H16N4O3S/c1-17-13(15-14(16-17)9-2-3-9)8-22-7-10-6-11(19)4-5-12(10)18(20)21/h4-6,9,19H,2-3,7-8H2,1H3. The van der Waals surface area contributed by atoms with Crippen molar-refractivity contribution in [3.8, 4) is 5.75 Å². The number of hydrogen-bond acceptors (Lipinski definition) is 6. The van der Waals surface area contributed by atoms with E-state index in [0.29, 0.717) is 23.0 Å². The van der Waals surface area contributed by atoms with Gasteiger partial charge in [-0.25, -0.2) is 4.98 Å². The first-order valence-corrected chi connectivity index (χ1v) is 8.14. The van der Waals surface area contributed by atoms with E-state index in [1.807, 2.05) is 7.05 Å². The van der Waals surface area contributed by atoms with Gasteiger partial charge in [-0.3, -0.25) is 14.8 Å². The third-order valence-electron chi connectivity index (χ3n) is 3.56. The van der Waals surface area contributed by atoms with Gasteiger partial charge in [0.15, 0.2) is 5.82 Å². The summed E-state index contributed by atoms with van der Waals surface area (Å²) in [6.45, 7) is 0. The second-order valence-corrected chi connectivity index (χ2v) is 6.33. The number of hydrogen-bond donors (Lipinski definition) is 1. The topological polar surface area (TPSA) is 94.1 Å². The van der Waals surface area contributed by atoms with Gasteiger partial charge in [-0.1, -0.05) is 0 Å². The Labute approximate surface area is 131 Å². The lowest BCUT2D eigenvalue weighted by Crippen LogP contribution is -1.98. The van der Waals surface area contributed by atoms with E-state index in [4.69, 9.17) is 0 Å². The third-order valence-corrected chi connectivity index (χ3v) is 4.54. The van der Waals surface area contributed by atoms with Crippen molar-refractivity contribution in [1.29, 1.82) is 0 Å². The summed E-state index contributed by atoms with van der Waals surface area (Å²) in [6, 6.07) is 4.10. The summed E-state index contributed by atoms with van der Waals surface area (Å²) < 4.78 is 1.78. The van der Waals surface area contributed by atoms with Gasteiger partial charge in [0, 0.05) is 30.3 Å². The summed E-state index contributed by atoms with van der Waals surface area (Å²) >= 11 is 1.52. The van der Waals surface area contributed by atoms with Crippen molar-refractivity contribution in [3.63, 3.8) is 0 Å². The van der Waals surface area contributed by atoms with Crippen LogP contribution in [0.5, 0.6) is 5.75 Å². The van der Waals surface area contributed by atoms with E-state index >= 15 is 0 Å². The first kappa shape index (κ1) is 14.8. The Morgan fingerprint density at radius 2 is 2.23 bits per heavy atom. The SMILES string of the molecule is Cn1nc(C2CC2)nc1CSCc1cc(O)ccc1[N+](=O)[O-]. The molecule has 0 spiro atoms. The smallest absolute Gasteiger partial charge is 0.273 e. The van der Waals surface area contributed by atoms with Crippen molar-refractivity contribution in [2.75, 3.05) is 0 Å². The van der Waals surface area contributed by atoms with Crippen molar-refractivity contribution < 1.29 is 10.0 Å². The molecule has 1 saturated carbocycles. The highest BCUT2D eigenvalue weighted by atomic mass is 32.2. The summed E-state index contributed by atoms with van der Waals surface area (Å²) in [6.07, 6.45) is 2.32. The fourth-order valence-electron chi connectivity index (χ4n) is 2.20. The number of thioether (sulfide) groups is 1.